The van der Waals surface area contributed by atoms with Gasteiger partial charge in [-0.15, -0.1) is 11.3 Å². The summed E-state index contributed by atoms with van der Waals surface area (Å²) in [5, 5.41) is 17.5. The van der Waals surface area contributed by atoms with E-state index in [1.54, 1.807) is 18.8 Å². The molecular formula is C9H16N6OS2. The van der Waals surface area contributed by atoms with Gasteiger partial charge in [-0.2, -0.15) is 11.8 Å². The van der Waals surface area contributed by atoms with E-state index in [-0.39, 0.29) is 12.0 Å². The zero-order chi connectivity index (χ0) is 13.4. The van der Waals surface area contributed by atoms with Crippen LogP contribution in [0.1, 0.15) is 5.69 Å². The number of thioether (sulfide) groups is 1. The number of hydrogen-bond acceptors (Lipinski definition) is 5. The number of amides is 2. The Morgan fingerprint density at radius 2 is 2.44 bits per heavy atom. The first-order valence-electron chi connectivity index (χ1n) is 5.20. The lowest BCUT2D eigenvalue weighted by atomic mass is 10.6. The fourth-order valence-electron chi connectivity index (χ4n) is 1.05. The van der Waals surface area contributed by atoms with Gasteiger partial charge in [0.15, 0.2) is 11.1 Å². The topological polar surface area (TPSA) is 116 Å². The molecular weight excluding hydrogens is 272 g/mol. The van der Waals surface area contributed by atoms with Crippen molar-refractivity contribution in [2.24, 2.45) is 5.73 Å². The summed E-state index contributed by atoms with van der Waals surface area (Å²) in [5.41, 5.74) is 6.14. The van der Waals surface area contributed by atoms with Crippen molar-refractivity contribution in [3.63, 3.8) is 0 Å². The molecule has 1 aromatic rings. The number of anilines is 1. The molecule has 0 spiro atoms. The first kappa shape index (κ1) is 14.6. The molecule has 0 atom stereocenters. The Labute approximate surface area is 113 Å². The van der Waals surface area contributed by atoms with E-state index in [9.17, 15) is 4.79 Å². The van der Waals surface area contributed by atoms with E-state index < -0.39 is 0 Å². The maximum atomic E-state index is 10.9. The molecule has 0 saturated carbocycles. The van der Waals surface area contributed by atoms with E-state index in [2.05, 4.69) is 20.9 Å². The Balaban J connectivity index is 2.17. The summed E-state index contributed by atoms with van der Waals surface area (Å²) in [6.45, 7) is 0.618. The molecule has 0 aromatic carbocycles. The Bertz CT molecular complexity index is 408. The molecule has 7 nitrogen and oxygen atoms in total. The highest BCUT2D eigenvalue weighted by molar-refractivity contribution is 7.98. The fourth-order valence-corrected chi connectivity index (χ4v) is 2.62. The van der Waals surface area contributed by atoms with E-state index in [0.29, 0.717) is 11.7 Å². The minimum atomic E-state index is -0.169. The highest BCUT2D eigenvalue weighted by Gasteiger charge is 2.02. The van der Waals surface area contributed by atoms with Crippen molar-refractivity contribution in [1.29, 1.82) is 5.41 Å². The SMILES string of the molecule is CNC(=O)NCCSCc1csc(NC(=N)N)n1. The van der Waals surface area contributed by atoms with E-state index >= 15 is 0 Å². The van der Waals surface area contributed by atoms with Crippen LogP contribution in [-0.4, -0.2) is 36.3 Å². The molecule has 18 heavy (non-hydrogen) atoms. The van der Waals surface area contributed by atoms with Crippen LogP contribution >= 0.6 is 23.1 Å². The van der Waals surface area contributed by atoms with Gasteiger partial charge in [0.1, 0.15) is 0 Å². The molecule has 0 aliphatic rings. The summed E-state index contributed by atoms with van der Waals surface area (Å²) in [6, 6.07) is -0.169. The van der Waals surface area contributed by atoms with Crippen molar-refractivity contribution in [1.82, 2.24) is 15.6 Å². The number of carbonyl (C=O) groups excluding carboxylic acids is 1. The third-order valence-electron chi connectivity index (χ3n) is 1.80. The molecule has 0 unspecified atom stereocenters. The van der Waals surface area contributed by atoms with Gasteiger partial charge in [-0.1, -0.05) is 0 Å². The second-order valence-corrected chi connectivity index (χ2v) is 5.20. The van der Waals surface area contributed by atoms with Crippen molar-refractivity contribution in [2.45, 2.75) is 5.75 Å². The summed E-state index contributed by atoms with van der Waals surface area (Å²) in [6.07, 6.45) is 0. The van der Waals surface area contributed by atoms with Gasteiger partial charge in [-0.05, 0) is 0 Å². The van der Waals surface area contributed by atoms with Gasteiger partial charge in [-0.3, -0.25) is 5.41 Å². The molecule has 9 heteroatoms. The van der Waals surface area contributed by atoms with Crippen LogP contribution in [0, 0.1) is 5.41 Å². The molecule has 0 bridgehead atoms. The number of thiazole rings is 1. The second-order valence-electron chi connectivity index (χ2n) is 3.24. The number of urea groups is 1. The van der Waals surface area contributed by atoms with E-state index in [4.69, 9.17) is 11.1 Å². The average molecular weight is 288 g/mol. The number of nitrogens with two attached hydrogens (primary N) is 1. The Hall–Kier alpha value is -1.48. The van der Waals surface area contributed by atoms with Crippen molar-refractivity contribution >= 4 is 40.2 Å². The maximum absolute atomic E-state index is 10.9. The van der Waals surface area contributed by atoms with Gasteiger partial charge in [-0.25, -0.2) is 9.78 Å². The van der Waals surface area contributed by atoms with Crippen LogP contribution < -0.4 is 21.7 Å². The van der Waals surface area contributed by atoms with Gasteiger partial charge >= 0.3 is 6.03 Å². The molecule has 1 heterocycles. The van der Waals surface area contributed by atoms with Crippen LogP contribution in [0.25, 0.3) is 0 Å². The van der Waals surface area contributed by atoms with Gasteiger partial charge in [0.2, 0.25) is 0 Å². The first-order valence-corrected chi connectivity index (χ1v) is 7.24. The van der Waals surface area contributed by atoms with Gasteiger partial charge in [0, 0.05) is 30.5 Å². The summed E-state index contributed by atoms with van der Waals surface area (Å²) in [4.78, 5) is 15.1. The van der Waals surface area contributed by atoms with Crippen LogP contribution in [0.2, 0.25) is 0 Å². The number of hydrogen-bond donors (Lipinski definition) is 5. The van der Waals surface area contributed by atoms with Crippen LogP contribution in [0.4, 0.5) is 9.93 Å². The third kappa shape index (κ3) is 5.73. The number of carbonyl (C=O) groups is 1. The molecule has 0 aliphatic heterocycles. The highest BCUT2D eigenvalue weighted by atomic mass is 32.2. The molecule has 0 saturated heterocycles. The first-order chi connectivity index (χ1) is 8.61. The fraction of sp³-hybridized carbons (Fsp3) is 0.444. The molecule has 0 fully saturated rings. The number of nitrogens with zero attached hydrogens (tertiary/aromatic N) is 1. The van der Waals surface area contributed by atoms with Gasteiger partial charge < -0.3 is 21.7 Å². The van der Waals surface area contributed by atoms with Crippen LogP contribution in [-0.2, 0) is 5.75 Å². The molecule has 6 N–H and O–H groups in total. The van der Waals surface area contributed by atoms with Gasteiger partial charge in [0.25, 0.3) is 0 Å². The predicted octanol–water partition coefficient (Wildman–Crippen LogP) is 0.611. The summed E-state index contributed by atoms with van der Waals surface area (Å²) >= 11 is 3.09. The second kappa shape index (κ2) is 7.77. The lowest BCUT2D eigenvalue weighted by Crippen LogP contribution is -2.34. The van der Waals surface area contributed by atoms with Crippen molar-refractivity contribution in [3.8, 4) is 0 Å². The summed E-state index contributed by atoms with van der Waals surface area (Å²) in [7, 11) is 1.58. The molecule has 0 radical (unpaired) electrons. The van der Waals surface area contributed by atoms with Crippen molar-refractivity contribution < 1.29 is 4.79 Å². The Kier molecular flexibility index (Phi) is 6.29. The maximum Gasteiger partial charge on any atom is 0.314 e. The van der Waals surface area contributed by atoms with Crippen LogP contribution in [0.5, 0.6) is 0 Å². The predicted molar refractivity (Wildman–Crippen MR) is 76.3 cm³/mol. The average Bonchev–Trinajstić information content (AvgIpc) is 2.75. The van der Waals surface area contributed by atoms with Crippen LogP contribution in [0.3, 0.4) is 0 Å². The number of nitrogens with one attached hydrogen (secondary N) is 4. The molecule has 100 valence electrons. The zero-order valence-corrected chi connectivity index (χ0v) is 11.6. The van der Waals surface area contributed by atoms with Crippen molar-refractivity contribution in [2.75, 3.05) is 24.7 Å². The minimum Gasteiger partial charge on any atom is -0.370 e. The normalized spacial score (nSPS) is 9.83. The van der Waals surface area contributed by atoms with E-state index in [1.165, 1.54) is 11.3 Å². The minimum absolute atomic E-state index is 0.113. The Morgan fingerprint density at radius 1 is 1.67 bits per heavy atom. The molecule has 2 amide bonds. The standard InChI is InChI=1S/C9H16N6OS2/c1-12-8(16)13-2-3-17-4-6-5-18-9(14-6)15-7(10)11/h5H,2-4H2,1H3,(H2,12,13,16)(H4,10,11,14,15). The third-order valence-corrected chi connectivity index (χ3v) is 3.60. The largest absolute Gasteiger partial charge is 0.370 e. The summed E-state index contributed by atoms with van der Waals surface area (Å²) < 4.78 is 0. The monoisotopic (exact) mass is 288 g/mol. The molecule has 1 rings (SSSR count). The highest BCUT2D eigenvalue weighted by Crippen LogP contribution is 2.18. The van der Waals surface area contributed by atoms with E-state index in [1.807, 2.05) is 5.38 Å². The van der Waals surface area contributed by atoms with Crippen molar-refractivity contribution in [3.05, 3.63) is 11.1 Å². The quantitative estimate of drug-likeness (QED) is 0.299. The van der Waals surface area contributed by atoms with Crippen LogP contribution in [0.15, 0.2) is 5.38 Å². The summed E-state index contributed by atoms with van der Waals surface area (Å²) in [5.74, 6) is 1.48. The number of rotatable bonds is 6. The molecule has 0 aliphatic carbocycles. The Morgan fingerprint density at radius 3 is 3.11 bits per heavy atom. The number of guanidine groups is 1. The lowest BCUT2D eigenvalue weighted by molar-refractivity contribution is 0.243. The van der Waals surface area contributed by atoms with Gasteiger partial charge in [0.05, 0.1) is 5.69 Å². The lowest BCUT2D eigenvalue weighted by Gasteiger charge is -2.03. The smallest absolute Gasteiger partial charge is 0.314 e. The zero-order valence-electron chi connectivity index (χ0n) is 9.95. The molecule has 1 aromatic heterocycles. The van der Waals surface area contributed by atoms with E-state index in [0.717, 1.165) is 17.2 Å². The number of aromatic nitrogens is 1.